The largest absolute Gasteiger partial charge is 0.462 e. The molecule has 0 bridgehead atoms. The number of rotatable bonds is 46. The molecule has 380 valence electrons. The monoisotopic (exact) mass is 937 g/mol. The number of carbonyl (C=O) groups is 3. The van der Waals surface area contributed by atoms with Gasteiger partial charge in [0.25, 0.3) is 0 Å². The molecule has 0 saturated carbocycles. The zero-order chi connectivity index (χ0) is 49.3. The van der Waals surface area contributed by atoms with Crippen molar-refractivity contribution in [1.29, 1.82) is 0 Å². The molecule has 0 aromatic heterocycles. The fourth-order valence-electron chi connectivity index (χ4n) is 6.67. The number of hydrogen-bond donors (Lipinski definition) is 0. The molecule has 0 radical (unpaired) electrons. The molecular weight excluding hydrogens is 841 g/mol. The van der Waals surface area contributed by atoms with E-state index in [-0.39, 0.29) is 44.0 Å². The van der Waals surface area contributed by atoms with Crippen molar-refractivity contribution in [2.45, 2.75) is 213 Å². The van der Waals surface area contributed by atoms with Crippen LogP contribution < -0.4 is 0 Å². The Morgan fingerprint density at radius 1 is 0.324 bits per heavy atom. The van der Waals surface area contributed by atoms with E-state index in [4.69, 9.17) is 14.2 Å². The Morgan fingerprint density at radius 3 is 1.19 bits per heavy atom. The van der Waals surface area contributed by atoms with Crippen molar-refractivity contribution in [1.82, 2.24) is 0 Å². The second-order valence-corrected chi connectivity index (χ2v) is 17.2. The van der Waals surface area contributed by atoms with Crippen molar-refractivity contribution < 1.29 is 28.6 Å². The second-order valence-electron chi connectivity index (χ2n) is 17.2. The van der Waals surface area contributed by atoms with Gasteiger partial charge in [0.1, 0.15) is 13.2 Å². The summed E-state index contributed by atoms with van der Waals surface area (Å²) in [7, 11) is 0. The fourth-order valence-corrected chi connectivity index (χ4v) is 6.67. The van der Waals surface area contributed by atoms with Gasteiger partial charge in [-0.25, -0.2) is 0 Å². The summed E-state index contributed by atoms with van der Waals surface area (Å²) in [6.07, 6.45) is 78.3. The molecule has 0 aliphatic carbocycles. The molecule has 0 amide bonds. The minimum absolute atomic E-state index is 0.126. The highest BCUT2D eigenvalue weighted by atomic mass is 16.6. The molecule has 0 fully saturated rings. The van der Waals surface area contributed by atoms with Crippen LogP contribution in [-0.2, 0) is 28.6 Å². The highest BCUT2D eigenvalue weighted by Crippen LogP contribution is 2.12. The number of hydrogen-bond acceptors (Lipinski definition) is 6. The van der Waals surface area contributed by atoms with E-state index in [1.54, 1.807) is 0 Å². The van der Waals surface area contributed by atoms with E-state index in [2.05, 4.69) is 118 Å². The van der Waals surface area contributed by atoms with Gasteiger partial charge in [0, 0.05) is 19.3 Å². The van der Waals surface area contributed by atoms with E-state index in [1.165, 1.54) is 44.9 Å². The van der Waals surface area contributed by atoms with Crippen LogP contribution in [0.4, 0.5) is 0 Å². The Balaban J connectivity index is 4.61. The van der Waals surface area contributed by atoms with Crippen LogP contribution in [0.2, 0.25) is 0 Å². The lowest BCUT2D eigenvalue weighted by Crippen LogP contribution is -2.30. The molecule has 1 atom stereocenters. The van der Waals surface area contributed by atoms with Crippen LogP contribution >= 0.6 is 0 Å². The molecule has 0 heterocycles. The summed E-state index contributed by atoms with van der Waals surface area (Å²) >= 11 is 0. The predicted octanol–water partition coefficient (Wildman–Crippen LogP) is 18.0. The van der Waals surface area contributed by atoms with Gasteiger partial charge in [-0.05, 0) is 103 Å². The van der Waals surface area contributed by atoms with E-state index in [0.29, 0.717) is 12.8 Å². The Morgan fingerprint density at radius 2 is 0.691 bits per heavy atom. The normalized spacial score (nSPS) is 13.3. The highest BCUT2D eigenvalue weighted by Gasteiger charge is 2.19. The minimum Gasteiger partial charge on any atom is -0.462 e. The standard InChI is InChI=1S/C62H96O6/c1-4-7-10-13-16-19-22-25-27-29-31-33-34-37-40-43-46-49-52-55-61(64)67-58-59(57-66-60(63)54-51-48-45-42-39-36-24-21-18-15-12-9-6-3)68-62(65)56-53-50-47-44-41-38-35-32-30-28-26-23-20-17-14-11-8-5-2/h7,10-11,14,16-17,19-20,23,25-28,30-33,35-37,39-40,46,49,59H,4-6,8-9,12-13,15,18,21-22,24,29,34,38,41-45,47-48,50-58H2,1-3H3/b10-7-,14-11-,19-16-,20-17-,26-23-,27-25-,30-28-,33-31-,35-32-,39-36-,40-37-,49-46-. The molecule has 1 unspecified atom stereocenters. The average Bonchev–Trinajstić information content (AvgIpc) is 3.34. The zero-order valence-electron chi connectivity index (χ0n) is 43.3. The van der Waals surface area contributed by atoms with Crippen LogP contribution in [0.15, 0.2) is 146 Å². The fraction of sp³-hybridized carbons (Fsp3) is 0.565. The van der Waals surface area contributed by atoms with Gasteiger partial charge < -0.3 is 14.2 Å². The van der Waals surface area contributed by atoms with Crippen LogP contribution in [0.3, 0.4) is 0 Å². The molecule has 6 heteroatoms. The molecule has 0 spiro atoms. The molecule has 0 saturated heterocycles. The van der Waals surface area contributed by atoms with Crippen LogP contribution in [0, 0.1) is 0 Å². The summed E-state index contributed by atoms with van der Waals surface area (Å²) in [5, 5.41) is 0. The SMILES string of the molecule is CC/C=C\C/C=C\C/C=C\C/C=C\C/C=C\C/C=C\CCC(=O)OCC(COC(=O)CCCCC/C=C\CCCCCCCC)OC(=O)CCCCCCC\C=C/C=C\C=C/C=C\C=C/CCC. The lowest BCUT2D eigenvalue weighted by molar-refractivity contribution is -0.166. The third kappa shape index (κ3) is 52.3. The molecule has 0 aromatic carbocycles. The van der Waals surface area contributed by atoms with Gasteiger partial charge in [0.05, 0.1) is 0 Å². The van der Waals surface area contributed by atoms with Crippen molar-refractivity contribution in [3.63, 3.8) is 0 Å². The number of allylic oxidation sites excluding steroid dienone is 24. The molecule has 6 nitrogen and oxygen atoms in total. The number of carbonyl (C=O) groups excluding carboxylic acids is 3. The summed E-state index contributed by atoms with van der Waals surface area (Å²) in [6, 6.07) is 0. The first-order valence-corrected chi connectivity index (χ1v) is 26.9. The summed E-state index contributed by atoms with van der Waals surface area (Å²) in [5.74, 6) is -1.06. The summed E-state index contributed by atoms with van der Waals surface area (Å²) in [6.45, 7) is 6.31. The predicted molar refractivity (Wildman–Crippen MR) is 292 cm³/mol. The smallest absolute Gasteiger partial charge is 0.306 e. The third-order valence-electron chi connectivity index (χ3n) is 10.7. The maximum Gasteiger partial charge on any atom is 0.306 e. The van der Waals surface area contributed by atoms with E-state index in [0.717, 1.165) is 116 Å². The Labute approximate surface area is 417 Å². The molecule has 0 aromatic rings. The van der Waals surface area contributed by atoms with E-state index < -0.39 is 6.10 Å². The quantitative estimate of drug-likeness (QED) is 0.0199. The maximum atomic E-state index is 12.8. The summed E-state index contributed by atoms with van der Waals surface area (Å²) in [5.41, 5.74) is 0. The first-order chi connectivity index (χ1) is 33.5. The zero-order valence-corrected chi connectivity index (χ0v) is 43.3. The van der Waals surface area contributed by atoms with Crippen LogP contribution in [0.5, 0.6) is 0 Å². The van der Waals surface area contributed by atoms with Crippen LogP contribution in [0.25, 0.3) is 0 Å². The van der Waals surface area contributed by atoms with Gasteiger partial charge in [-0.1, -0.05) is 231 Å². The van der Waals surface area contributed by atoms with Crippen LogP contribution in [-0.4, -0.2) is 37.2 Å². The lowest BCUT2D eigenvalue weighted by atomic mass is 10.1. The molecule has 0 aliphatic rings. The van der Waals surface area contributed by atoms with Crippen molar-refractivity contribution in [3.8, 4) is 0 Å². The van der Waals surface area contributed by atoms with Crippen molar-refractivity contribution >= 4 is 17.9 Å². The second kappa shape index (κ2) is 54.9. The number of ether oxygens (including phenoxy) is 3. The Kier molecular flexibility index (Phi) is 51.1. The van der Waals surface area contributed by atoms with Crippen molar-refractivity contribution in [2.24, 2.45) is 0 Å². The van der Waals surface area contributed by atoms with E-state index in [9.17, 15) is 14.4 Å². The van der Waals surface area contributed by atoms with Gasteiger partial charge in [0.15, 0.2) is 6.10 Å². The molecule has 0 N–H and O–H groups in total. The first kappa shape index (κ1) is 63.3. The highest BCUT2D eigenvalue weighted by molar-refractivity contribution is 5.71. The number of unbranched alkanes of at least 4 members (excludes halogenated alkanes) is 15. The topological polar surface area (TPSA) is 78.9 Å². The molecular formula is C62H96O6. The Hall–Kier alpha value is -4.71. The first-order valence-electron chi connectivity index (χ1n) is 26.9. The maximum absolute atomic E-state index is 12.8. The minimum atomic E-state index is -0.835. The van der Waals surface area contributed by atoms with Gasteiger partial charge in [0.2, 0.25) is 0 Å². The van der Waals surface area contributed by atoms with Gasteiger partial charge in [-0.2, -0.15) is 0 Å². The number of esters is 3. The third-order valence-corrected chi connectivity index (χ3v) is 10.7. The average molecular weight is 937 g/mol. The van der Waals surface area contributed by atoms with E-state index >= 15 is 0 Å². The van der Waals surface area contributed by atoms with Gasteiger partial charge >= 0.3 is 17.9 Å². The molecule has 0 aliphatic heterocycles. The van der Waals surface area contributed by atoms with Gasteiger partial charge in [-0.15, -0.1) is 0 Å². The molecule has 68 heavy (non-hydrogen) atoms. The van der Waals surface area contributed by atoms with E-state index in [1.807, 2.05) is 48.6 Å². The molecule has 0 rings (SSSR count). The lowest BCUT2D eigenvalue weighted by Gasteiger charge is -2.18. The summed E-state index contributed by atoms with van der Waals surface area (Å²) < 4.78 is 16.7. The summed E-state index contributed by atoms with van der Waals surface area (Å²) in [4.78, 5) is 38.0. The van der Waals surface area contributed by atoms with Crippen molar-refractivity contribution in [2.75, 3.05) is 13.2 Å². The Bertz CT molecular complexity index is 1540. The van der Waals surface area contributed by atoms with Gasteiger partial charge in [-0.3, -0.25) is 14.4 Å². The van der Waals surface area contributed by atoms with Crippen LogP contribution in [0.1, 0.15) is 207 Å². The van der Waals surface area contributed by atoms with Crippen molar-refractivity contribution in [3.05, 3.63) is 146 Å².